The molecule has 0 bridgehead atoms. The molecule has 0 saturated carbocycles. The lowest BCUT2D eigenvalue weighted by atomic mass is 10.1. The van der Waals surface area contributed by atoms with E-state index in [2.05, 4.69) is 4.98 Å². The number of hydrogen-bond acceptors (Lipinski definition) is 5. The first-order valence-corrected chi connectivity index (χ1v) is 8.72. The zero-order valence-electron chi connectivity index (χ0n) is 11.9. The van der Waals surface area contributed by atoms with E-state index in [0.29, 0.717) is 19.3 Å². The van der Waals surface area contributed by atoms with Crippen LogP contribution in [0.5, 0.6) is 0 Å². The molecule has 0 aliphatic heterocycles. The minimum Gasteiger partial charge on any atom is -0.481 e. The van der Waals surface area contributed by atoms with E-state index >= 15 is 0 Å². The Morgan fingerprint density at radius 1 is 1.18 bits per heavy atom. The van der Waals surface area contributed by atoms with Crippen molar-refractivity contribution < 1.29 is 19.8 Å². The van der Waals surface area contributed by atoms with Gasteiger partial charge in [0.1, 0.15) is 5.25 Å². The summed E-state index contributed by atoms with van der Waals surface area (Å²) < 4.78 is 1.81. The largest absolute Gasteiger partial charge is 0.481 e. The molecule has 1 heterocycles. The molecule has 1 aromatic heterocycles. The maximum atomic E-state index is 11.4. The number of aromatic nitrogens is 1. The fraction of sp³-hybridized carbons (Fsp3) is 0.400. The van der Waals surface area contributed by atoms with E-state index in [4.69, 9.17) is 5.11 Å². The van der Waals surface area contributed by atoms with Crippen LogP contribution in [0.2, 0.25) is 0 Å². The normalized spacial score (nSPS) is 12.4. The highest BCUT2D eigenvalue weighted by Gasteiger charge is 2.20. The Morgan fingerprint density at radius 2 is 1.95 bits per heavy atom. The molecule has 0 radical (unpaired) electrons. The van der Waals surface area contributed by atoms with Crippen molar-refractivity contribution in [1.29, 1.82) is 0 Å². The van der Waals surface area contributed by atoms with Gasteiger partial charge in [-0.15, -0.1) is 11.3 Å². The first kappa shape index (κ1) is 16.8. The van der Waals surface area contributed by atoms with Gasteiger partial charge >= 0.3 is 11.9 Å². The number of carboxylic acid groups (broad SMARTS) is 2. The van der Waals surface area contributed by atoms with Gasteiger partial charge in [-0.25, -0.2) is 4.98 Å². The second-order valence-corrected chi connectivity index (χ2v) is 7.37. The summed E-state index contributed by atoms with van der Waals surface area (Å²) in [6.07, 6.45) is 2.70. The van der Waals surface area contributed by atoms with Crippen LogP contribution in [0.4, 0.5) is 0 Å². The van der Waals surface area contributed by atoms with Gasteiger partial charge in [-0.3, -0.25) is 9.59 Å². The van der Waals surface area contributed by atoms with Crippen molar-refractivity contribution in [2.75, 3.05) is 0 Å². The molecule has 118 valence electrons. The molecule has 1 unspecified atom stereocenters. The Labute approximate surface area is 136 Å². The van der Waals surface area contributed by atoms with Gasteiger partial charge in [-0.1, -0.05) is 36.7 Å². The molecule has 0 aliphatic rings. The Balaban J connectivity index is 1.88. The molecule has 1 aromatic carbocycles. The summed E-state index contributed by atoms with van der Waals surface area (Å²) in [7, 11) is 0. The maximum Gasteiger partial charge on any atom is 0.317 e. The highest BCUT2D eigenvalue weighted by atomic mass is 32.2. The monoisotopic (exact) mass is 339 g/mol. The third kappa shape index (κ3) is 4.99. The van der Waals surface area contributed by atoms with Gasteiger partial charge in [0.15, 0.2) is 4.34 Å². The van der Waals surface area contributed by atoms with Crippen molar-refractivity contribution in [3.8, 4) is 0 Å². The van der Waals surface area contributed by atoms with Gasteiger partial charge in [0.25, 0.3) is 0 Å². The number of unbranched alkanes of at least 4 members (excludes halogenated alkanes) is 2. The van der Waals surface area contributed by atoms with Gasteiger partial charge in [0.2, 0.25) is 0 Å². The number of thioether (sulfide) groups is 1. The van der Waals surface area contributed by atoms with Crippen molar-refractivity contribution in [2.24, 2.45) is 0 Å². The molecule has 0 fully saturated rings. The Kier molecular flexibility index (Phi) is 6.21. The predicted molar refractivity (Wildman–Crippen MR) is 87.6 cm³/mol. The molecule has 0 saturated heterocycles. The molecule has 5 nitrogen and oxygen atoms in total. The SMILES string of the molecule is O=C(O)CCCCCC(Sc1nc2ccccc2s1)C(=O)O. The number of carboxylic acids is 2. The summed E-state index contributed by atoms with van der Waals surface area (Å²) in [5, 5.41) is 17.3. The first-order chi connectivity index (χ1) is 10.6. The fourth-order valence-electron chi connectivity index (χ4n) is 2.04. The van der Waals surface area contributed by atoms with Crippen molar-refractivity contribution in [3.63, 3.8) is 0 Å². The molecule has 2 rings (SSSR count). The highest BCUT2D eigenvalue weighted by Crippen LogP contribution is 2.33. The van der Waals surface area contributed by atoms with Gasteiger partial charge in [0.05, 0.1) is 10.2 Å². The Hall–Kier alpha value is -1.60. The van der Waals surface area contributed by atoms with E-state index in [1.807, 2.05) is 24.3 Å². The number of aliphatic carboxylic acids is 2. The van der Waals surface area contributed by atoms with Crippen LogP contribution in [0, 0.1) is 0 Å². The molecular weight excluding hydrogens is 322 g/mol. The molecule has 0 amide bonds. The fourth-order valence-corrected chi connectivity index (χ4v) is 4.33. The second kappa shape index (κ2) is 8.14. The first-order valence-electron chi connectivity index (χ1n) is 7.03. The van der Waals surface area contributed by atoms with Crippen LogP contribution < -0.4 is 0 Å². The van der Waals surface area contributed by atoms with E-state index in [1.165, 1.54) is 23.1 Å². The molecule has 2 N–H and O–H groups in total. The van der Waals surface area contributed by atoms with E-state index in [1.54, 1.807) is 0 Å². The van der Waals surface area contributed by atoms with E-state index < -0.39 is 17.2 Å². The number of thiazole rings is 1. The van der Waals surface area contributed by atoms with Crippen LogP contribution >= 0.6 is 23.1 Å². The molecule has 2 aromatic rings. The lowest BCUT2D eigenvalue weighted by Crippen LogP contribution is -2.16. The zero-order valence-corrected chi connectivity index (χ0v) is 13.5. The number of carbonyl (C=O) groups is 2. The van der Waals surface area contributed by atoms with E-state index in [-0.39, 0.29) is 6.42 Å². The summed E-state index contributed by atoms with van der Waals surface area (Å²) in [6, 6.07) is 7.73. The third-order valence-corrected chi connectivity index (χ3v) is 5.53. The van der Waals surface area contributed by atoms with Crippen LogP contribution in [-0.2, 0) is 9.59 Å². The summed E-state index contributed by atoms with van der Waals surface area (Å²) >= 11 is 2.78. The number of benzene rings is 1. The zero-order chi connectivity index (χ0) is 15.9. The van der Waals surface area contributed by atoms with Gasteiger partial charge in [0, 0.05) is 6.42 Å². The van der Waals surface area contributed by atoms with Crippen LogP contribution in [0.3, 0.4) is 0 Å². The van der Waals surface area contributed by atoms with Crippen molar-refractivity contribution in [1.82, 2.24) is 4.98 Å². The molecule has 0 spiro atoms. The average Bonchev–Trinajstić information content (AvgIpc) is 2.87. The van der Waals surface area contributed by atoms with E-state index in [0.717, 1.165) is 21.0 Å². The number of hydrogen-bond donors (Lipinski definition) is 2. The van der Waals surface area contributed by atoms with Crippen LogP contribution in [-0.4, -0.2) is 32.4 Å². The number of para-hydroxylation sites is 1. The van der Waals surface area contributed by atoms with Gasteiger partial charge < -0.3 is 10.2 Å². The van der Waals surface area contributed by atoms with E-state index in [9.17, 15) is 14.7 Å². The molecule has 7 heteroatoms. The number of fused-ring (bicyclic) bond motifs is 1. The van der Waals surface area contributed by atoms with Gasteiger partial charge in [-0.05, 0) is 25.0 Å². The standard InChI is InChI=1S/C15H17NO4S2/c17-13(18)9-3-1-2-8-12(14(19)20)22-15-16-10-6-4-5-7-11(10)21-15/h4-7,12H,1-3,8-9H2,(H,17,18)(H,19,20). The quantitative estimate of drug-likeness (QED) is 0.532. The lowest BCUT2D eigenvalue weighted by Gasteiger charge is -2.09. The average molecular weight is 339 g/mol. The molecular formula is C15H17NO4S2. The summed E-state index contributed by atoms with van der Waals surface area (Å²) in [4.78, 5) is 26.2. The van der Waals surface area contributed by atoms with Crippen molar-refractivity contribution in [2.45, 2.75) is 41.7 Å². The topological polar surface area (TPSA) is 87.5 Å². The van der Waals surface area contributed by atoms with Crippen molar-refractivity contribution in [3.05, 3.63) is 24.3 Å². The minimum absolute atomic E-state index is 0.142. The third-order valence-electron chi connectivity index (χ3n) is 3.15. The second-order valence-electron chi connectivity index (χ2n) is 4.89. The Morgan fingerprint density at radius 3 is 2.64 bits per heavy atom. The molecule has 1 atom stereocenters. The summed E-state index contributed by atoms with van der Waals surface area (Å²) in [6.45, 7) is 0. The van der Waals surface area contributed by atoms with Gasteiger partial charge in [-0.2, -0.15) is 0 Å². The Bertz CT molecular complexity index is 623. The smallest absolute Gasteiger partial charge is 0.317 e. The minimum atomic E-state index is -0.845. The predicted octanol–water partition coefficient (Wildman–Crippen LogP) is 3.88. The summed E-state index contributed by atoms with van der Waals surface area (Å²) in [5.41, 5.74) is 0.889. The van der Waals surface area contributed by atoms with Crippen molar-refractivity contribution >= 4 is 45.3 Å². The molecule has 0 aliphatic carbocycles. The number of rotatable bonds is 9. The molecule has 22 heavy (non-hydrogen) atoms. The highest BCUT2D eigenvalue weighted by molar-refractivity contribution is 8.02. The number of nitrogens with zero attached hydrogens (tertiary/aromatic N) is 1. The lowest BCUT2D eigenvalue weighted by molar-refractivity contribution is -0.138. The maximum absolute atomic E-state index is 11.4. The van der Waals surface area contributed by atoms with Crippen LogP contribution in [0.15, 0.2) is 28.6 Å². The summed E-state index contributed by atoms with van der Waals surface area (Å²) in [5.74, 6) is -1.65. The van der Waals surface area contributed by atoms with Crippen LogP contribution in [0.25, 0.3) is 10.2 Å². The van der Waals surface area contributed by atoms with Crippen LogP contribution in [0.1, 0.15) is 32.1 Å².